The molecule has 2 aliphatic heterocycles. The molecule has 2 atom stereocenters. The minimum Gasteiger partial charge on any atom is -0.279 e. The second-order valence-electron chi connectivity index (χ2n) is 5.34. The Kier molecular flexibility index (Phi) is 3.09. The summed E-state index contributed by atoms with van der Waals surface area (Å²) >= 11 is 0. The van der Waals surface area contributed by atoms with Gasteiger partial charge in [0.05, 0.1) is 12.1 Å². The zero-order chi connectivity index (χ0) is 11.4. The van der Waals surface area contributed by atoms with Crippen molar-refractivity contribution >= 4 is 12.4 Å². The maximum Gasteiger partial charge on any atom is 0.0576 e. The van der Waals surface area contributed by atoms with Gasteiger partial charge in [-0.15, -0.1) is 12.4 Å². The SMILES string of the molecule is CC1=C(C)C2c3ccccc3C1N2C(C)C.Cl. The number of hydrogen-bond acceptors (Lipinski definition) is 1. The van der Waals surface area contributed by atoms with Crippen LogP contribution in [0.15, 0.2) is 35.4 Å². The van der Waals surface area contributed by atoms with Gasteiger partial charge < -0.3 is 0 Å². The minimum atomic E-state index is 0. The molecule has 2 bridgehead atoms. The van der Waals surface area contributed by atoms with E-state index in [4.69, 9.17) is 0 Å². The Morgan fingerprint density at radius 3 is 1.71 bits per heavy atom. The van der Waals surface area contributed by atoms with Crippen molar-refractivity contribution < 1.29 is 0 Å². The molecule has 0 spiro atoms. The van der Waals surface area contributed by atoms with E-state index in [1.54, 1.807) is 11.1 Å². The van der Waals surface area contributed by atoms with Gasteiger partial charge in [-0.1, -0.05) is 35.4 Å². The highest BCUT2D eigenvalue weighted by atomic mass is 35.5. The molecular formula is C15H20ClN. The summed E-state index contributed by atoms with van der Waals surface area (Å²) in [5.41, 5.74) is 6.20. The molecule has 0 N–H and O–H groups in total. The van der Waals surface area contributed by atoms with E-state index in [9.17, 15) is 0 Å². The Hall–Kier alpha value is -0.790. The van der Waals surface area contributed by atoms with Crippen LogP contribution in [0.5, 0.6) is 0 Å². The van der Waals surface area contributed by atoms with Crippen molar-refractivity contribution in [1.29, 1.82) is 0 Å². The van der Waals surface area contributed by atoms with Gasteiger partial charge in [0.2, 0.25) is 0 Å². The summed E-state index contributed by atoms with van der Waals surface area (Å²) in [6.45, 7) is 9.20. The highest BCUT2D eigenvalue weighted by molar-refractivity contribution is 5.85. The molecule has 1 aromatic carbocycles. The van der Waals surface area contributed by atoms with Gasteiger partial charge in [-0.25, -0.2) is 0 Å². The Labute approximate surface area is 110 Å². The lowest BCUT2D eigenvalue weighted by atomic mass is 9.88. The van der Waals surface area contributed by atoms with Gasteiger partial charge in [0, 0.05) is 6.04 Å². The Balaban J connectivity index is 0.00000108. The minimum absolute atomic E-state index is 0. The van der Waals surface area contributed by atoms with Crippen LogP contribution in [-0.4, -0.2) is 10.9 Å². The molecule has 0 saturated carbocycles. The normalized spacial score (nSPS) is 26.4. The smallest absolute Gasteiger partial charge is 0.0576 e. The predicted molar refractivity (Wildman–Crippen MR) is 74.5 cm³/mol. The molecule has 2 heterocycles. The maximum absolute atomic E-state index is 2.65. The van der Waals surface area contributed by atoms with Crippen molar-refractivity contribution in [3.63, 3.8) is 0 Å². The summed E-state index contributed by atoms with van der Waals surface area (Å²) in [6, 6.07) is 10.6. The van der Waals surface area contributed by atoms with E-state index in [0.29, 0.717) is 18.1 Å². The van der Waals surface area contributed by atoms with E-state index >= 15 is 0 Å². The summed E-state index contributed by atoms with van der Waals surface area (Å²) in [5.74, 6) is 0. The largest absolute Gasteiger partial charge is 0.279 e. The van der Waals surface area contributed by atoms with Crippen LogP contribution in [0, 0.1) is 0 Å². The maximum atomic E-state index is 2.65. The summed E-state index contributed by atoms with van der Waals surface area (Å²) < 4.78 is 0. The Bertz CT molecular complexity index is 437. The third-order valence-electron chi connectivity index (χ3n) is 4.22. The van der Waals surface area contributed by atoms with Gasteiger partial charge in [-0.2, -0.15) is 0 Å². The molecule has 1 nitrogen and oxygen atoms in total. The molecule has 92 valence electrons. The molecule has 0 aliphatic carbocycles. The summed E-state index contributed by atoms with van der Waals surface area (Å²) in [7, 11) is 0. The zero-order valence-corrected chi connectivity index (χ0v) is 11.7. The molecule has 2 unspecified atom stereocenters. The first-order valence-electron chi connectivity index (χ1n) is 6.16. The van der Waals surface area contributed by atoms with Crippen molar-refractivity contribution in [3.05, 3.63) is 46.5 Å². The molecule has 0 fully saturated rings. The van der Waals surface area contributed by atoms with Crippen LogP contribution in [0.4, 0.5) is 0 Å². The van der Waals surface area contributed by atoms with Gasteiger partial charge in [-0.05, 0) is 38.8 Å². The lowest BCUT2D eigenvalue weighted by Crippen LogP contribution is -2.29. The van der Waals surface area contributed by atoms with Crippen LogP contribution in [0.2, 0.25) is 0 Å². The molecule has 0 radical (unpaired) electrons. The Morgan fingerprint density at radius 2 is 1.35 bits per heavy atom. The molecule has 3 rings (SSSR count). The van der Waals surface area contributed by atoms with Gasteiger partial charge >= 0.3 is 0 Å². The fraction of sp³-hybridized carbons (Fsp3) is 0.467. The molecule has 2 aliphatic rings. The van der Waals surface area contributed by atoms with E-state index in [1.807, 2.05) is 0 Å². The van der Waals surface area contributed by atoms with Crippen LogP contribution >= 0.6 is 12.4 Å². The van der Waals surface area contributed by atoms with Crippen LogP contribution in [-0.2, 0) is 0 Å². The first-order valence-corrected chi connectivity index (χ1v) is 6.16. The summed E-state index contributed by atoms with van der Waals surface area (Å²) in [5, 5.41) is 0. The number of benzene rings is 1. The second kappa shape index (κ2) is 4.15. The number of fused-ring (bicyclic) bond motifs is 5. The quantitative estimate of drug-likeness (QED) is 0.672. The van der Waals surface area contributed by atoms with E-state index in [2.05, 4.69) is 56.9 Å². The van der Waals surface area contributed by atoms with E-state index in [-0.39, 0.29) is 12.4 Å². The van der Waals surface area contributed by atoms with Crippen molar-refractivity contribution in [1.82, 2.24) is 4.90 Å². The number of rotatable bonds is 1. The summed E-state index contributed by atoms with van der Waals surface area (Å²) in [4.78, 5) is 2.65. The predicted octanol–water partition coefficient (Wildman–Crippen LogP) is 4.26. The molecule has 17 heavy (non-hydrogen) atoms. The first kappa shape index (κ1) is 12.7. The third-order valence-corrected chi connectivity index (χ3v) is 4.22. The molecule has 0 saturated heterocycles. The number of hydrogen-bond donors (Lipinski definition) is 0. The molecule has 1 aromatic rings. The van der Waals surface area contributed by atoms with Crippen molar-refractivity contribution in [2.24, 2.45) is 0 Å². The van der Waals surface area contributed by atoms with Crippen molar-refractivity contribution in [2.75, 3.05) is 0 Å². The fourth-order valence-corrected chi connectivity index (χ4v) is 3.42. The van der Waals surface area contributed by atoms with Crippen LogP contribution in [0.1, 0.15) is 50.9 Å². The molecule has 2 heteroatoms. The summed E-state index contributed by atoms with van der Waals surface area (Å²) in [6.07, 6.45) is 0. The van der Waals surface area contributed by atoms with E-state index in [1.165, 1.54) is 11.1 Å². The second-order valence-corrected chi connectivity index (χ2v) is 5.34. The van der Waals surface area contributed by atoms with Gasteiger partial charge in [0.25, 0.3) is 0 Å². The average Bonchev–Trinajstić information content (AvgIpc) is 2.73. The highest BCUT2D eigenvalue weighted by Gasteiger charge is 2.46. The van der Waals surface area contributed by atoms with Gasteiger partial charge in [-0.3, -0.25) is 4.90 Å². The number of halogens is 1. The van der Waals surface area contributed by atoms with Crippen molar-refractivity contribution in [2.45, 2.75) is 45.8 Å². The van der Waals surface area contributed by atoms with Gasteiger partial charge in [0.1, 0.15) is 0 Å². The standard InChI is InChI=1S/C15H19N.ClH/c1-9(2)16-14-10(3)11(4)15(16)13-8-6-5-7-12(13)14;/h5-9,14-15H,1-4H3;1H. The first-order chi connectivity index (χ1) is 7.63. The average molecular weight is 250 g/mol. The molecule has 0 amide bonds. The van der Waals surface area contributed by atoms with E-state index in [0.717, 1.165) is 0 Å². The van der Waals surface area contributed by atoms with Crippen LogP contribution in [0.3, 0.4) is 0 Å². The lowest BCUT2D eigenvalue weighted by molar-refractivity contribution is 0.180. The fourth-order valence-electron chi connectivity index (χ4n) is 3.42. The molecule has 0 aromatic heterocycles. The highest BCUT2D eigenvalue weighted by Crippen LogP contribution is 2.56. The number of nitrogens with zero attached hydrogens (tertiary/aromatic N) is 1. The lowest BCUT2D eigenvalue weighted by Gasteiger charge is -2.28. The Morgan fingerprint density at radius 1 is 0.941 bits per heavy atom. The van der Waals surface area contributed by atoms with Crippen LogP contribution < -0.4 is 0 Å². The monoisotopic (exact) mass is 249 g/mol. The molecular weight excluding hydrogens is 230 g/mol. The topological polar surface area (TPSA) is 3.24 Å². The van der Waals surface area contributed by atoms with Crippen LogP contribution in [0.25, 0.3) is 0 Å². The van der Waals surface area contributed by atoms with Crippen molar-refractivity contribution in [3.8, 4) is 0 Å². The zero-order valence-electron chi connectivity index (χ0n) is 10.9. The van der Waals surface area contributed by atoms with E-state index < -0.39 is 0 Å². The third kappa shape index (κ3) is 1.49. The van der Waals surface area contributed by atoms with Gasteiger partial charge in [0.15, 0.2) is 0 Å².